The van der Waals surface area contributed by atoms with Gasteiger partial charge in [0.25, 0.3) is 0 Å². The lowest BCUT2D eigenvalue weighted by atomic mass is 9.86. The van der Waals surface area contributed by atoms with Crippen LogP contribution in [0.1, 0.15) is 31.9 Å². The number of hydrogen-bond acceptors (Lipinski definition) is 2. The van der Waals surface area contributed by atoms with Crippen molar-refractivity contribution in [2.75, 3.05) is 11.9 Å². The molecule has 0 atom stereocenters. The van der Waals surface area contributed by atoms with Gasteiger partial charge in [0.1, 0.15) is 6.61 Å². The number of anilines is 1. The molecule has 88 valence electrons. The van der Waals surface area contributed by atoms with Crippen LogP contribution in [-0.2, 0) is 10.2 Å². The van der Waals surface area contributed by atoms with Crippen molar-refractivity contribution in [1.29, 1.82) is 0 Å². The lowest BCUT2D eigenvalue weighted by molar-refractivity contribution is -0.118. The van der Waals surface area contributed by atoms with Crippen LogP contribution in [0.2, 0.25) is 0 Å². The van der Waals surface area contributed by atoms with Crippen LogP contribution in [0.15, 0.2) is 18.2 Å². The Labute approximate surface area is 96.5 Å². The second-order valence-electron chi connectivity index (χ2n) is 4.99. The Morgan fingerprint density at radius 2 is 2.00 bits per heavy atom. The average molecular weight is 221 g/mol. The Balaban J connectivity index is 3.04. The summed E-state index contributed by atoms with van der Waals surface area (Å²) >= 11 is 0. The van der Waals surface area contributed by atoms with Crippen LogP contribution in [-0.4, -0.2) is 17.6 Å². The molecule has 3 nitrogen and oxygen atoms in total. The monoisotopic (exact) mass is 221 g/mol. The summed E-state index contributed by atoms with van der Waals surface area (Å²) in [4.78, 5) is 11.1. The smallest absolute Gasteiger partial charge is 0.250 e. The molecule has 1 aromatic carbocycles. The SMILES string of the molecule is Cc1ccc(C(C)(C)C)cc1NC(=O)CO. The minimum absolute atomic E-state index is 0.0480. The summed E-state index contributed by atoms with van der Waals surface area (Å²) < 4.78 is 0. The fourth-order valence-electron chi connectivity index (χ4n) is 1.41. The predicted molar refractivity (Wildman–Crippen MR) is 65.6 cm³/mol. The second kappa shape index (κ2) is 4.66. The molecule has 16 heavy (non-hydrogen) atoms. The van der Waals surface area contributed by atoms with Gasteiger partial charge in [-0.05, 0) is 29.5 Å². The number of benzene rings is 1. The van der Waals surface area contributed by atoms with Gasteiger partial charge in [-0.25, -0.2) is 0 Å². The van der Waals surface area contributed by atoms with Gasteiger partial charge in [0.2, 0.25) is 5.91 Å². The normalized spacial score (nSPS) is 11.3. The zero-order valence-electron chi connectivity index (χ0n) is 10.3. The molecule has 3 heteroatoms. The van der Waals surface area contributed by atoms with Crippen molar-refractivity contribution in [3.63, 3.8) is 0 Å². The molecule has 1 rings (SSSR count). The third kappa shape index (κ3) is 3.07. The van der Waals surface area contributed by atoms with Crippen LogP contribution in [0.4, 0.5) is 5.69 Å². The van der Waals surface area contributed by atoms with Crippen LogP contribution in [0.25, 0.3) is 0 Å². The Bertz CT molecular complexity index is 391. The zero-order valence-corrected chi connectivity index (χ0v) is 10.3. The third-order valence-electron chi connectivity index (χ3n) is 2.52. The highest BCUT2D eigenvalue weighted by molar-refractivity contribution is 5.92. The van der Waals surface area contributed by atoms with Gasteiger partial charge >= 0.3 is 0 Å². The van der Waals surface area contributed by atoms with Crippen molar-refractivity contribution in [2.45, 2.75) is 33.1 Å². The third-order valence-corrected chi connectivity index (χ3v) is 2.52. The van der Waals surface area contributed by atoms with Crippen molar-refractivity contribution in [2.24, 2.45) is 0 Å². The zero-order chi connectivity index (χ0) is 12.3. The van der Waals surface area contributed by atoms with E-state index in [1.54, 1.807) is 0 Å². The summed E-state index contributed by atoms with van der Waals surface area (Å²) in [5, 5.41) is 11.4. The lowest BCUT2D eigenvalue weighted by Crippen LogP contribution is -2.17. The summed E-state index contributed by atoms with van der Waals surface area (Å²) in [6, 6.07) is 6.00. The summed E-state index contributed by atoms with van der Waals surface area (Å²) in [6.45, 7) is 7.80. The summed E-state index contributed by atoms with van der Waals surface area (Å²) in [5.41, 5.74) is 2.97. The molecule has 0 bridgehead atoms. The van der Waals surface area contributed by atoms with Gasteiger partial charge in [0, 0.05) is 5.69 Å². The first-order valence-corrected chi connectivity index (χ1v) is 5.36. The Hall–Kier alpha value is -1.35. The molecule has 0 saturated heterocycles. The van der Waals surface area contributed by atoms with Gasteiger partial charge in [-0.3, -0.25) is 4.79 Å². The highest BCUT2D eigenvalue weighted by atomic mass is 16.3. The maximum Gasteiger partial charge on any atom is 0.250 e. The maximum atomic E-state index is 11.1. The van der Waals surface area contributed by atoms with Gasteiger partial charge in [-0.15, -0.1) is 0 Å². The van der Waals surface area contributed by atoms with Crippen molar-refractivity contribution < 1.29 is 9.90 Å². The first kappa shape index (κ1) is 12.7. The highest BCUT2D eigenvalue weighted by Gasteiger charge is 2.15. The van der Waals surface area contributed by atoms with E-state index in [0.717, 1.165) is 16.8 Å². The Kier molecular flexibility index (Phi) is 3.70. The molecule has 0 spiro atoms. The molecule has 1 aromatic rings. The van der Waals surface area contributed by atoms with Crippen molar-refractivity contribution >= 4 is 11.6 Å². The number of aryl methyl sites for hydroxylation is 1. The fourth-order valence-corrected chi connectivity index (χ4v) is 1.41. The second-order valence-corrected chi connectivity index (χ2v) is 4.99. The van der Waals surface area contributed by atoms with Gasteiger partial charge in [-0.1, -0.05) is 32.9 Å². The molecule has 0 radical (unpaired) electrons. The maximum absolute atomic E-state index is 11.1. The lowest BCUT2D eigenvalue weighted by Gasteiger charge is -2.20. The molecule has 0 aromatic heterocycles. The number of aliphatic hydroxyl groups is 1. The van der Waals surface area contributed by atoms with E-state index in [-0.39, 0.29) is 11.3 Å². The molecular weight excluding hydrogens is 202 g/mol. The quantitative estimate of drug-likeness (QED) is 0.804. The number of hydrogen-bond donors (Lipinski definition) is 2. The van der Waals surface area contributed by atoms with Gasteiger partial charge in [0.05, 0.1) is 0 Å². The minimum atomic E-state index is -0.487. The average Bonchev–Trinajstić information content (AvgIpc) is 2.19. The van der Waals surface area contributed by atoms with Crippen LogP contribution in [0, 0.1) is 6.92 Å². The number of carbonyl (C=O) groups is 1. The van der Waals surface area contributed by atoms with E-state index >= 15 is 0 Å². The molecule has 0 heterocycles. The number of amides is 1. The molecular formula is C13H19NO2. The van der Waals surface area contributed by atoms with Crippen LogP contribution < -0.4 is 5.32 Å². The Morgan fingerprint density at radius 3 is 2.50 bits per heavy atom. The summed E-state index contributed by atoms with van der Waals surface area (Å²) in [6.07, 6.45) is 0. The highest BCUT2D eigenvalue weighted by Crippen LogP contribution is 2.26. The molecule has 0 saturated carbocycles. The Morgan fingerprint density at radius 1 is 1.38 bits per heavy atom. The first-order valence-electron chi connectivity index (χ1n) is 5.36. The van der Waals surface area contributed by atoms with Gasteiger partial charge in [0.15, 0.2) is 0 Å². The van der Waals surface area contributed by atoms with E-state index in [0.29, 0.717) is 0 Å². The number of carbonyl (C=O) groups excluding carboxylic acids is 1. The molecule has 1 amide bonds. The van der Waals surface area contributed by atoms with E-state index in [9.17, 15) is 4.79 Å². The topological polar surface area (TPSA) is 49.3 Å². The molecule has 2 N–H and O–H groups in total. The van der Waals surface area contributed by atoms with Crippen molar-refractivity contribution in [3.8, 4) is 0 Å². The number of nitrogens with one attached hydrogen (secondary N) is 1. The van der Waals surface area contributed by atoms with E-state index in [4.69, 9.17) is 5.11 Å². The van der Waals surface area contributed by atoms with E-state index in [1.807, 2.05) is 19.1 Å². The molecule has 0 fully saturated rings. The van der Waals surface area contributed by atoms with Gasteiger partial charge < -0.3 is 10.4 Å². The van der Waals surface area contributed by atoms with Crippen LogP contribution in [0.5, 0.6) is 0 Å². The molecule has 0 unspecified atom stereocenters. The standard InChI is InChI=1S/C13H19NO2/c1-9-5-6-10(13(2,3)4)7-11(9)14-12(16)8-15/h5-7,15H,8H2,1-4H3,(H,14,16). The van der Waals surface area contributed by atoms with E-state index in [2.05, 4.69) is 32.2 Å². The minimum Gasteiger partial charge on any atom is -0.387 e. The largest absolute Gasteiger partial charge is 0.387 e. The van der Waals surface area contributed by atoms with Crippen molar-refractivity contribution in [3.05, 3.63) is 29.3 Å². The van der Waals surface area contributed by atoms with Crippen LogP contribution in [0.3, 0.4) is 0 Å². The molecule has 0 aliphatic carbocycles. The van der Waals surface area contributed by atoms with E-state index < -0.39 is 6.61 Å². The van der Waals surface area contributed by atoms with E-state index in [1.165, 1.54) is 0 Å². The van der Waals surface area contributed by atoms with Crippen LogP contribution >= 0.6 is 0 Å². The first-order chi connectivity index (χ1) is 7.34. The van der Waals surface area contributed by atoms with Crippen molar-refractivity contribution in [1.82, 2.24) is 0 Å². The van der Waals surface area contributed by atoms with Gasteiger partial charge in [-0.2, -0.15) is 0 Å². The predicted octanol–water partition coefficient (Wildman–Crippen LogP) is 2.22. The number of rotatable bonds is 2. The summed E-state index contributed by atoms with van der Waals surface area (Å²) in [5.74, 6) is -0.380. The summed E-state index contributed by atoms with van der Waals surface area (Å²) in [7, 11) is 0. The molecule has 0 aliphatic heterocycles. The fraction of sp³-hybridized carbons (Fsp3) is 0.462. The number of aliphatic hydroxyl groups excluding tert-OH is 1. The molecule has 0 aliphatic rings.